The van der Waals surface area contributed by atoms with Crippen LogP contribution in [0.4, 0.5) is 0 Å². The highest BCUT2D eigenvalue weighted by Crippen LogP contribution is 2.58. The second kappa shape index (κ2) is 2.71. The van der Waals surface area contributed by atoms with Crippen LogP contribution in [0.15, 0.2) is 0 Å². The van der Waals surface area contributed by atoms with Gasteiger partial charge in [-0.05, 0) is 39.0 Å². The number of carboxylic acid groups (broad SMARTS) is 1. The van der Waals surface area contributed by atoms with Crippen LogP contribution in [0.25, 0.3) is 0 Å². The normalized spacial score (nSPS) is 42.5. The van der Waals surface area contributed by atoms with Crippen molar-refractivity contribution in [3.05, 3.63) is 0 Å². The van der Waals surface area contributed by atoms with E-state index in [1.54, 1.807) is 0 Å². The first-order chi connectivity index (χ1) is 6.13. The summed E-state index contributed by atoms with van der Waals surface area (Å²) >= 11 is 0. The number of carbonyl (C=O) groups is 1. The topological polar surface area (TPSA) is 46.5 Å². The summed E-state index contributed by atoms with van der Waals surface area (Å²) in [6, 6.07) is 0. The molecule has 0 aromatic carbocycles. The zero-order valence-electron chi connectivity index (χ0n) is 8.01. The molecule has 1 N–H and O–H groups in total. The molecule has 2 saturated carbocycles. The molecule has 0 aromatic rings. The van der Waals surface area contributed by atoms with Crippen molar-refractivity contribution in [2.75, 3.05) is 6.61 Å². The highest BCUT2D eigenvalue weighted by molar-refractivity contribution is 5.76. The quantitative estimate of drug-likeness (QED) is 0.727. The lowest BCUT2D eigenvalue weighted by Gasteiger charge is -2.26. The van der Waals surface area contributed by atoms with Gasteiger partial charge in [0.2, 0.25) is 0 Å². The average Bonchev–Trinajstić information content (AvgIpc) is 2.61. The molecule has 0 radical (unpaired) electrons. The molecule has 3 heteroatoms. The molecule has 0 unspecified atom stereocenters. The zero-order valence-corrected chi connectivity index (χ0v) is 8.01. The highest BCUT2D eigenvalue weighted by atomic mass is 16.5. The van der Waals surface area contributed by atoms with Gasteiger partial charge in [0, 0.05) is 6.61 Å². The number of aliphatic carboxylic acids is 1. The third-order valence-corrected chi connectivity index (χ3v) is 3.68. The van der Waals surface area contributed by atoms with E-state index in [1.807, 2.05) is 6.92 Å². The van der Waals surface area contributed by atoms with Gasteiger partial charge in [0.15, 0.2) is 0 Å². The van der Waals surface area contributed by atoms with Crippen molar-refractivity contribution in [2.45, 2.75) is 44.6 Å². The molecule has 2 aliphatic carbocycles. The molecule has 0 spiro atoms. The molecule has 13 heavy (non-hydrogen) atoms. The van der Waals surface area contributed by atoms with E-state index < -0.39 is 11.4 Å². The van der Waals surface area contributed by atoms with E-state index in [0.29, 0.717) is 6.61 Å². The molecule has 0 heterocycles. The second-order valence-corrected chi connectivity index (χ2v) is 4.38. The fourth-order valence-electron chi connectivity index (χ4n) is 2.95. The fourth-order valence-corrected chi connectivity index (χ4v) is 2.95. The van der Waals surface area contributed by atoms with Crippen LogP contribution < -0.4 is 0 Å². The van der Waals surface area contributed by atoms with Crippen LogP contribution in [0.3, 0.4) is 0 Å². The van der Waals surface area contributed by atoms with Crippen LogP contribution in [0.1, 0.15) is 39.0 Å². The zero-order chi connectivity index (χ0) is 9.53. The number of fused-ring (bicyclic) bond motifs is 2. The Labute approximate surface area is 78.1 Å². The SMILES string of the molecule is CCOC12CCC(C(=O)O)(CC1)C2. The number of rotatable bonds is 3. The minimum Gasteiger partial charge on any atom is -0.481 e. The Hall–Kier alpha value is -0.570. The fraction of sp³-hybridized carbons (Fsp3) is 0.900. The largest absolute Gasteiger partial charge is 0.481 e. The Kier molecular flexibility index (Phi) is 1.88. The van der Waals surface area contributed by atoms with E-state index in [0.717, 1.165) is 32.1 Å². The first-order valence-electron chi connectivity index (χ1n) is 5.00. The molecule has 2 rings (SSSR count). The summed E-state index contributed by atoms with van der Waals surface area (Å²) in [5.74, 6) is -0.619. The lowest BCUT2D eigenvalue weighted by Crippen LogP contribution is -2.26. The van der Waals surface area contributed by atoms with Gasteiger partial charge in [-0.25, -0.2) is 0 Å². The van der Waals surface area contributed by atoms with Crippen LogP contribution in [0, 0.1) is 5.41 Å². The van der Waals surface area contributed by atoms with E-state index in [-0.39, 0.29) is 5.60 Å². The maximum absolute atomic E-state index is 11.1. The van der Waals surface area contributed by atoms with Crippen molar-refractivity contribution in [1.29, 1.82) is 0 Å². The van der Waals surface area contributed by atoms with Crippen LogP contribution in [-0.2, 0) is 9.53 Å². The molecular formula is C10H16O3. The Morgan fingerprint density at radius 2 is 2.00 bits per heavy atom. The van der Waals surface area contributed by atoms with Crippen LogP contribution >= 0.6 is 0 Å². The minimum atomic E-state index is -0.619. The number of carboxylic acids is 1. The van der Waals surface area contributed by atoms with E-state index in [1.165, 1.54) is 0 Å². The monoisotopic (exact) mass is 184 g/mol. The van der Waals surface area contributed by atoms with Gasteiger partial charge in [-0.15, -0.1) is 0 Å². The van der Waals surface area contributed by atoms with Crippen LogP contribution in [0.2, 0.25) is 0 Å². The van der Waals surface area contributed by atoms with Gasteiger partial charge in [-0.2, -0.15) is 0 Å². The highest BCUT2D eigenvalue weighted by Gasteiger charge is 2.58. The first-order valence-corrected chi connectivity index (χ1v) is 5.00. The molecule has 74 valence electrons. The van der Waals surface area contributed by atoms with Gasteiger partial charge in [0.1, 0.15) is 0 Å². The predicted octanol–water partition coefficient (Wildman–Crippen LogP) is 1.81. The van der Waals surface area contributed by atoms with Crippen molar-refractivity contribution in [3.63, 3.8) is 0 Å². The van der Waals surface area contributed by atoms with E-state index in [2.05, 4.69) is 0 Å². The molecule has 3 nitrogen and oxygen atoms in total. The molecule has 2 fully saturated rings. The first kappa shape index (κ1) is 9.00. The van der Waals surface area contributed by atoms with Crippen molar-refractivity contribution < 1.29 is 14.6 Å². The Bertz CT molecular complexity index is 226. The molecule has 0 aromatic heterocycles. The van der Waals surface area contributed by atoms with Gasteiger partial charge in [0.25, 0.3) is 0 Å². The Balaban J connectivity index is 2.14. The number of hydrogen-bond donors (Lipinski definition) is 1. The van der Waals surface area contributed by atoms with Crippen molar-refractivity contribution >= 4 is 5.97 Å². The summed E-state index contributed by atoms with van der Waals surface area (Å²) in [6.45, 7) is 2.68. The molecular weight excluding hydrogens is 168 g/mol. The maximum Gasteiger partial charge on any atom is 0.309 e. The van der Waals surface area contributed by atoms with Gasteiger partial charge < -0.3 is 9.84 Å². The lowest BCUT2D eigenvalue weighted by molar-refractivity contribution is -0.148. The predicted molar refractivity (Wildman–Crippen MR) is 47.5 cm³/mol. The van der Waals surface area contributed by atoms with E-state index >= 15 is 0 Å². The molecule has 0 amide bonds. The summed E-state index contributed by atoms with van der Waals surface area (Å²) in [7, 11) is 0. The van der Waals surface area contributed by atoms with Crippen LogP contribution in [0.5, 0.6) is 0 Å². The van der Waals surface area contributed by atoms with E-state index in [4.69, 9.17) is 9.84 Å². The molecule has 2 bridgehead atoms. The third kappa shape index (κ3) is 1.17. The van der Waals surface area contributed by atoms with Gasteiger partial charge in [-0.3, -0.25) is 4.79 Å². The van der Waals surface area contributed by atoms with Gasteiger partial charge in [-0.1, -0.05) is 0 Å². The minimum absolute atomic E-state index is 0.0762. The lowest BCUT2D eigenvalue weighted by atomic mass is 9.84. The summed E-state index contributed by atoms with van der Waals surface area (Å²) in [5, 5.41) is 9.12. The van der Waals surface area contributed by atoms with Crippen molar-refractivity contribution in [3.8, 4) is 0 Å². The Morgan fingerprint density at radius 3 is 2.38 bits per heavy atom. The summed E-state index contributed by atoms with van der Waals surface area (Å²) in [6.07, 6.45) is 4.23. The third-order valence-electron chi connectivity index (χ3n) is 3.68. The van der Waals surface area contributed by atoms with Gasteiger partial charge >= 0.3 is 5.97 Å². The summed E-state index contributed by atoms with van der Waals surface area (Å²) < 4.78 is 5.69. The molecule has 0 aliphatic heterocycles. The molecule has 2 aliphatic rings. The maximum atomic E-state index is 11.1. The smallest absolute Gasteiger partial charge is 0.309 e. The average molecular weight is 184 g/mol. The molecule has 0 saturated heterocycles. The van der Waals surface area contributed by atoms with Crippen molar-refractivity contribution in [1.82, 2.24) is 0 Å². The summed E-state index contributed by atoms with van der Waals surface area (Å²) in [5.41, 5.74) is -0.512. The summed E-state index contributed by atoms with van der Waals surface area (Å²) in [4.78, 5) is 11.1. The van der Waals surface area contributed by atoms with Crippen molar-refractivity contribution in [2.24, 2.45) is 5.41 Å². The molecule has 0 atom stereocenters. The number of hydrogen-bond acceptors (Lipinski definition) is 2. The Morgan fingerprint density at radius 1 is 1.38 bits per heavy atom. The van der Waals surface area contributed by atoms with Gasteiger partial charge in [0.05, 0.1) is 11.0 Å². The second-order valence-electron chi connectivity index (χ2n) is 4.38. The number of ether oxygens (including phenoxy) is 1. The van der Waals surface area contributed by atoms with Crippen LogP contribution in [-0.4, -0.2) is 23.3 Å². The standard InChI is InChI=1S/C10H16O3/c1-2-13-10-5-3-9(7-10,4-6-10)8(11)12/h2-7H2,1H3,(H,11,12). The van der Waals surface area contributed by atoms with E-state index in [9.17, 15) is 4.79 Å².